The highest BCUT2D eigenvalue weighted by Gasteiger charge is 2.27. The number of hydrogen-bond acceptors (Lipinski definition) is 5. The molecule has 0 unspecified atom stereocenters. The molecule has 1 rings (SSSR count). The van der Waals surface area contributed by atoms with Gasteiger partial charge in [-0.05, 0) is 0 Å². The lowest BCUT2D eigenvalue weighted by molar-refractivity contribution is -0.139. The predicted molar refractivity (Wildman–Crippen MR) is 75.6 cm³/mol. The maximum Gasteiger partial charge on any atom is 0.341 e. The molecule has 1 aromatic rings. The molecule has 0 bridgehead atoms. The van der Waals surface area contributed by atoms with E-state index in [1.54, 1.807) is 0 Å². The SMILES string of the molecule is C=CS(=O)(=O)CCC(=O)O.O=C(O)COc1c(F)c(F)c(F)c(F)c1F. The first-order valence-electron chi connectivity index (χ1n) is 6.27. The number of benzene rings is 1. The van der Waals surface area contributed by atoms with Crippen molar-refractivity contribution in [2.24, 2.45) is 0 Å². The summed E-state index contributed by atoms with van der Waals surface area (Å²) < 4.78 is 88.2. The normalized spacial score (nSPS) is 10.5. The molecule has 146 valence electrons. The Morgan fingerprint density at radius 3 is 1.69 bits per heavy atom. The number of ether oxygens (including phenoxy) is 1. The molecule has 0 aliphatic rings. The highest BCUT2D eigenvalue weighted by Crippen LogP contribution is 2.28. The van der Waals surface area contributed by atoms with Crippen LogP contribution in [0.3, 0.4) is 0 Å². The third kappa shape index (κ3) is 7.04. The first-order chi connectivity index (χ1) is 11.8. The summed E-state index contributed by atoms with van der Waals surface area (Å²) in [6.07, 6.45) is -0.367. The Kier molecular flexibility index (Phi) is 8.69. The number of aliphatic carboxylic acids is 2. The van der Waals surface area contributed by atoms with Crippen LogP contribution >= 0.6 is 0 Å². The molecule has 13 heteroatoms. The zero-order valence-electron chi connectivity index (χ0n) is 12.6. The van der Waals surface area contributed by atoms with Crippen molar-refractivity contribution in [2.45, 2.75) is 6.42 Å². The van der Waals surface area contributed by atoms with E-state index in [0.717, 1.165) is 5.41 Å². The summed E-state index contributed by atoms with van der Waals surface area (Å²) in [6.45, 7) is 1.81. The Bertz CT molecular complexity index is 779. The van der Waals surface area contributed by atoms with Gasteiger partial charge < -0.3 is 14.9 Å². The van der Waals surface area contributed by atoms with Crippen LogP contribution in [-0.4, -0.2) is 42.9 Å². The van der Waals surface area contributed by atoms with Gasteiger partial charge in [-0.1, -0.05) is 6.58 Å². The third-order valence-corrected chi connectivity index (χ3v) is 3.64. The lowest BCUT2D eigenvalue weighted by Crippen LogP contribution is -2.13. The summed E-state index contributed by atoms with van der Waals surface area (Å²) in [5.41, 5.74) is 0. The van der Waals surface area contributed by atoms with Crippen molar-refractivity contribution in [3.05, 3.63) is 41.1 Å². The van der Waals surface area contributed by atoms with Gasteiger partial charge in [0.1, 0.15) is 0 Å². The van der Waals surface area contributed by atoms with E-state index in [1.165, 1.54) is 0 Å². The average Bonchev–Trinajstić information content (AvgIpc) is 2.57. The lowest BCUT2D eigenvalue weighted by atomic mass is 10.2. The van der Waals surface area contributed by atoms with Crippen LogP contribution in [0.1, 0.15) is 6.42 Å². The van der Waals surface area contributed by atoms with Crippen molar-refractivity contribution >= 4 is 21.8 Å². The molecule has 7 nitrogen and oxygen atoms in total. The second-order valence-corrected chi connectivity index (χ2v) is 6.33. The highest BCUT2D eigenvalue weighted by molar-refractivity contribution is 7.94. The number of halogens is 5. The smallest absolute Gasteiger partial charge is 0.341 e. The summed E-state index contributed by atoms with van der Waals surface area (Å²) in [7, 11) is -3.33. The van der Waals surface area contributed by atoms with Gasteiger partial charge in [-0.2, -0.15) is 8.78 Å². The Morgan fingerprint density at radius 1 is 0.923 bits per heavy atom. The Morgan fingerprint density at radius 2 is 1.35 bits per heavy atom. The van der Waals surface area contributed by atoms with Crippen molar-refractivity contribution in [2.75, 3.05) is 12.4 Å². The van der Waals surface area contributed by atoms with Crippen molar-refractivity contribution < 1.29 is 54.9 Å². The fraction of sp³-hybridized carbons (Fsp3) is 0.231. The van der Waals surface area contributed by atoms with Gasteiger partial charge in [0.05, 0.1) is 12.2 Å². The maximum atomic E-state index is 12.8. The van der Waals surface area contributed by atoms with Crippen LogP contribution in [0.15, 0.2) is 12.0 Å². The quantitative estimate of drug-likeness (QED) is 0.403. The Labute approximate surface area is 143 Å². The van der Waals surface area contributed by atoms with Crippen molar-refractivity contribution in [1.29, 1.82) is 0 Å². The van der Waals surface area contributed by atoms with Crippen molar-refractivity contribution in [3.63, 3.8) is 0 Å². The maximum absolute atomic E-state index is 12.8. The molecule has 0 saturated carbocycles. The van der Waals surface area contributed by atoms with Gasteiger partial charge in [-0.25, -0.2) is 26.4 Å². The van der Waals surface area contributed by atoms with E-state index < -0.39 is 63.2 Å². The van der Waals surface area contributed by atoms with Gasteiger partial charge in [-0.3, -0.25) is 4.79 Å². The molecule has 0 atom stereocenters. The Balaban J connectivity index is 0.000000541. The lowest BCUT2D eigenvalue weighted by Gasteiger charge is -2.07. The van der Waals surface area contributed by atoms with Gasteiger partial charge in [-0.15, -0.1) is 0 Å². The minimum Gasteiger partial charge on any atom is -0.481 e. The monoisotopic (exact) mass is 406 g/mol. The van der Waals surface area contributed by atoms with Crippen molar-refractivity contribution in [1.82, 2.24) is 0 Å². The molecular weight excluding hydrogens is 395 g/mol. The first kappa shape index (κ1) is 23.3. The van der Waals surface area contributed by atoms with Crippen LogP contribution in [0.25, 0.3) is 0 Å². The van der Waals surface area contributed by atoms with Gasteiger partial charge in [0.2, 0.25) is 29.1 Å². The van der Waals surface area contributed by atoms with Gasteiger partial charge in [0, 0.05) is 5.41 Å². The first-order valence-corrected chi connectivity index (χ1v) is 7.98. The topological polar surface area (TPSA) is 118 Å². The standard InChI is InChI=1S/C8H3F5O3.C5H8O4S/c9-3-4(10)6(12)8(7(13)5(3)11)16-1-2(14)15;1-2-10(8,9)4-3-5(6)7/h1H2,(H,14,15);2H,1,3-4H2,(H,6,7). The van der Waals surface area contributed by atoms with Crippen LogP contribution in [0.4, 0.5) is 22.0 Å². The van der Waals surface area contributed by atoms with Crippen LogP contribution in [-0.2, 0) is 19.4 Å². The molecule has 2 N–H and O–H groups in total. The summed E-state index contributed by atoms with van der Waals surface area (Å²) >= 11 is 0. The zero-order chi connectivity index (χ0) is 20.7. The number of sulfone groups is 1. The molecule has 0 saturated heterocycles. The summed E-state index contributed by atoms with van der Waals surface area (Å²) in [6, 6.07) is 0. The second-order valence-electron chi connectivity index (χ2n) is 4.26. The Hall–Kier alpha value is -2.70. The van der Waals surface area contributed by atoms with E-state index in [-0.39, 0.29) is 12.2 Å². The van der Waals surface area contributed by atoms with Gasteiger partial charge >= 0.3 is 11.9 Å². The molecule has 26 heavy (non-hydrogen) atoms. The van der Waals surface area contributed by atoms with E-state index in [1.807, 2.05) is 0 Å². The molecular formula is C13H11F5O7S. The van der Waals surface area contributed by atoms with E-state index >= 15 is 0 Å². The van der Waals surface area contributed by atoms with Gasteiger partial charge in [0.15, 0.2) is 22.2 Å². The number of rotatable bonds is 7. The van der Waals surface area contributed by atoms with E-state index in [9.17, 15) is 40.0 Å². The summed E-state index contributed by atoms with van der Waals surface area (Å²) in [5.74, 6) is -15.9. The van der Waals surface area contributed by atoms with E-state index in [4.69, 9.17) is 10.2 Å². The molecule has 0 spiro atoms. The number of carboxylic acids is 2. The molecule has 0 radical (unpaired) electrons. The van der Waals surface area contributed by atoms with Crippen molar-refractivity contribution in [3.8, 4) is 5.75 Å². The number of hydrogen-bond donors (Lipinski definition) is 2. The summed E-state index contributed by atoms with van der Waals surface area (Å²) in [5, 5.41) is 17.0. The van der Waals surface area contributed by atoms with E-state index in [2.05, 4.69) is 11.3 Å². The van der Waals surface area contributed by atoms with Crippen LogP contribution in [0, 0.1) is 29.1 Å². The van der Waals surface area contributed by atoms with Crippen LogP contribution in [0.2, 0.25) is 0 Å². The van der Waals surface area contributed by atoms with Crippen LogP contribution in [0.5, 0.6) is 5.75 Å². The minimum atomic E-state index is -3.33. The highest BCUT2D eigenvalue weighted by atomic mass is 32.2. The molecule has 0 aliphatic heterocycles. The third-order valence-electron chi connectivity index (χ3n) is 2.36. The molecule has 0 aliphatic carbocycles. The molecule has 0 aromatic heterocycles. The second kappa shape index (κ2) is 9.70. The molecule has 1 aromatic carbocycles. The molecule has 0 amide bonds. The fourth-order valence-corrected chi connectivity index (χ4v) is 1.78. The molecule has 0 heterocycles. The largest absolute Gasteiger partial charge is 0.481 e. The van der Waals surface area contributed by atoms with Crippen LogP contribution < -0.4 is 4.74 Å². The average molecular weight is 406 g/mol. The number of carbonyl (C=O) groups is 2. The van der Waals surface area contributed by atoms with E-state index in [0.29, 0.717) is 0 Å². The summed E-state index contributed by atoms with van der Waals surface area (Å²) in [4.78, 5) is 19.9. The fourth-order valence-electron chi connectivity index (χ4n) is 1.16. The molecule has 0 fully saturated rings. The number of carboxylic acid groups (broad SMARTS) is 2. The minimum absolute atomic E-state index is 0.367. The zero-order valence-corrected chi connectivity index (χ0v) is 13.5. The predicted octanol–water partition coefficient (Wildman–Crippen LogP) is 1.86. The van der Waals surface area contributed by atoms with Gasteiger partial charge in [0.25, 0.3) is 0 Å².